The van der Waals surface area contributed by atoms with E-state index >= 15 is 0 Å². The fourth-order valence-corrected chi connectivity index (χ4v) is 1.35. The predicted octanol–water partition coefficient (Wildman–Crippen LogP) is 3.29. The van der Waals surface area contributed by atoms with E-state index in [1.807, 2.05) is 0 Å². The summed E-state index contributed by atoms with van der Waals surface area (Å²) in [6.07, 6.45) is 0. The summed E-state index contributed by atoms with van der Waals surface area (Å²) in [4.78, 5) is 0. The van der Waals surface area contributed by atoms with E-state index < -0.39 is 5.82 Å². The molecule has 0 aliphatic rings. The van der Waals surface area contributed by atoms with Gasteiger partial charge in [-0.1, -0.05) is 6.07 Å². The topological polar surface area (TPSA) is 38.0 Å². The Balaban J connectivity index is 2.27. The summed E-state index contributed by atoms with van der Waals surface area (Å²) in [5.74, 6) is -0.842. The van der Waals surface area contributed by atoms with Gasteiger partial charge in [-0.25, -0.2) is 8.78 Å². The highest BCUT2D eigenvalue weighted by atomic mass is 19.1. The zero-order valence-corrected chi connectivity index (χ0v) is 8.37. The molecule has 3 N–H and O–H groups in total. The maximum Gasteiger partial charge on any atom is 0.148 e. The summed E-state index contributed by atoms with van der Waals surface area (Å²) in [5.41, 5.74) is 6.52. The van der Waals surface area contributed by atoms with E-state index in [0.29, 0.717) is 11.4 Å². The summed E-state index contributed by atoms with van der Waals surface area (Å²) in [6.45, 7) is 0. The molecule has 0 bridgehead atoms. The molecule has 0 saturated carbocycles. The van der Waals surface area contributed by atoms with Crippen LogP contribution in [-0.4, -0.2) is 0 Å². The minimum Gasteiger partial charge on any atom is -0.399 e. The fraction of sp³-hybridized carbons (Fsp3) is 0. The molecule has 2 nitrogen and oxygen atoms in total. The first kappa shape index (κ1) is 10.4. The van der Waals surface area contributed by atoms with Crippen LogP contribution in [0.4, 0.5) is 25.8 Å². The molecule has 0 aliphatic heterocycles. The molecular weight excluding hydrogens is 210 g/mol. The number of halogens is 2. The van der Waals surface area contributed by atoms with Crippen LogP contribution in [0.5, 0.6) is 0 Å². The Bertz CT molecular complexity index is 512. The molecule has 0 spiro atoms. The molecule has 0 fully saturated rings. The molecular formula is C12H10F2N2. The molecule has 0 saturated heterocycles. The summed E-state index contributed by atoms with van der Waals surface area (Å²) in [5, 5.41) is 2.77. The minimum absolute atomic E-state index is 0.264. The Hall–Kier alpha value is -2.10. The van der Waals surface area contributed by atoms with Gasteiger partial charge in [0, 0.05) is 11.4 Å². The predicted molar refractivity (Wildman–Crippen MR) is 60.5 cm³/mol. The molecule has 0 heterocycles. The van der Waals surface area contributed by atoms with Gasteiger partial charge in [0.05, 0.1) is 5.69 Å². The van der Waals surface area contributed by atoms with Crippen LogP contribution in [0.15, 0.2) is 42.5 Å². The molecule has 0 amide bonds. The maximum atomic E-state index is 13.4. The van der Waals surface area contributed by atoms with Gasteiger partial charge in [-0.15, -0.1) is 0 Å². The largest absolute Gasteiger partial charge is 0.399 e. The Morgan fingerprint density at radius 2 is 1.81 bits per heavy atom. The molecule has 2 aromatic carbocycles. The van der Waals surface area contributed by atoms with Gasteiger partial charge >= 0.3 is 0 Å². The Morgan fingerprint density at radius 1 is 1.00 bits per heavy atom. The number of nitrogen functional groups attached to an aromatic ring is 1. The lowest BCUT2D eigenvalue weighted by Gasteiger charge is -2.07. The third-order valence-corrected chi connectivity index (χ3v) is 2.10. The van der Waals surface area contributed by atoms with E-state index in [-0.39, 0.29) is 11.5 Å². The van der Waals surface area contributed by atoms with E-state index in [0.717, 1.165) is 0 Å². The Kier molecular flexibility index (Phi) is 2.72. The molecule has 0 aliphatic carbocycles. The number of nitrogens with two attached hydrogens (primary N) is 1. The lowest BCUT2D eigenvalue weighted by Crippen LogP contribution is -1.95. The first-order valence-electron chi connectivity index (χ1n) is 4.73. The molecule has 0 aromatic heterocycles. The van der Waals surface area contributed by atoms with Crippen molar-refractivity contribution in [2.45, 2.75) is 0 Å². The third-order valence-electron chi connectivity index (χ3n) is 2.10. The van der Waals surface area contributed by atoms with Gasteiger partial charge < -0.3 is 11.1 Å². The number of nitrogens with one attached hydrogen (secondary N) is 1. The normalized spacial score (nSPS) is 10.1. The van der Waals surface area contributed by atoms with E-state index in [2.05, 4.69) is 5.32 Å². The molecule has 0 unspecified atom stereocenters. The highest BCUT2D eigenvalue weighted by Crippen LogP contribution is 2.21. The van der Waals surface area contributed by atoms with Crippen molar-refractivity contribution in [3.8, 4) is 0 Å². The van der Waals surface area contributed by atoms with Gasteiger partial charge in [0.25, 0.3) is 0 Å². The zero-order valence-electron chi connectivity index (χ0n) is 8.37. The number of hydrogen-bond acceptors (Lipinski definition) is 2. The van der Waals surface area contributed by atoms with E-state index in [9.17, 15) is 8.78 Å². The van der Waals surface area contributed by atoms with Gasteiger partial charge in [0.1, 0.15) is 11.6 Å². The van der Waals surface area contributed by atoms with Crippen molar-refractivity contribution in [2.75, 3.05) is 11.1 Å². The summed E-state index contributed by atoms with van der Waals surface area (Å²) in [7, 11) is 0. The van der Waals surface area contributed by atoms with Gasteiger partial charge in [0.15, 0.2) is 0 Å². The monoisotopic (exact) mass is 220 g/mol. The Morgan fingerprint density at radius 3 is 2.50 bits per heavy atom. The lowest BCUT2D eigenvalue weighted by atomic mass is 10.2. The number of rotatable bonds is 2. The summed E-state index contributed by atoms with van der Waals surface area (Å²) in [6, 6.07) is 10.1. The molecule has 16 heavy (non-hydrogen) atoms. The van der Waals surface area contributed by atoms with Crippen LogP contribution < -0.4 is 11.1 Å². The highest BCUT2D eigenvalue weighted by molar-refractivity contribution is 5.62. The molecule has 2 aromatic rings. The third kappa shape index (κ3) is 2.28. The molecule has 4 heteroatoms. The second kappa shape index (κ2) is 4.18. The minimum atomic E-state index is -0.468. The first-order valence-corrected chi connectivity index (χ1v) is 4.73. The average molecular weight is 220 g/mol. The van der Waals surface area contributed by atoms with Gasteiger partial charge in [-0.05, 0) is 36.4 Å². The van der Waals surface area contributed by atoms with Crippen molar-refractivity contribution in [3.63, 3.8) is 0 Å². The van der Waals surface area contributed by atoms with Crippen LogP contribution >= 0.6 is 0 Å². The fourth-order valence-electron chi connectivity index (χ4n) is 1.35. The van der Waals surface area contributed by atoms with E-state index in [1.54, 1.807) is 18.2 Å². The van der Waals surface area contributed by atoms with Gasteiger partial charge in [-0.2, -0.15) is 0 Å². The standard InChI is InChI=1S/C12H10F2N2/c13-8-2-1-3-10(6-8)16-12-5-4-9(15)7-11(12)14/h1-7,16H,15H2. The van der Waals surface area contributed by atoms with Gasteiger partial charge in [-0.3, -0.25) is 0 Å². The van der Waals surface area contributed by atoms with E-state index in [4.69, 9.17) is 5.73 Å². The van der Waals surface area contributed by atoms with Crippen molar-refractivity contribution in [3.05, 3.63) is 54.1 Å². The van der Waals surface area contributed by atoms with Crippen molar-refractivity contribution in [1.82, 2.24) is 0 Å². The average Bonchev–Trinajstić information content (AvgIpc) is 2.22. The number of anilines is 3. The smallest absolute Gasteiger partial charge is 0.148 e. The SMILES string of the molecule is Nc1ccc(Nc2cccc(F)c2)c(F)c1. The van der Waals surface area contributed by atoms with Crippen molar-refractivity contribution in [1.29, 1.82) is 0 Å². The summed E-state index contributed by atoms with van der Waals surface area (Å²) < 4.78 is 26.3. The quantitative estimate of drug-likeness (QED) is 0.762. The zero-order chi connectivity index (χ0) is 11.5. The van der Waals surface area contributed by atoms with E-state index in [1.165, 1.54) is 24.3 Å². The molecule has 0 atom stereocenters. The van der Waals surface area contributed by atoms with Gasteiger partial charge in [0.2, 0.25) is 0 Å². The maximum absolute atomic E-state index is 13.4. The molecule has 0 radical (unpaired) electrons. The summed E-state index contributed by atoms with van der Waals surface area (Å²) >= 11 is 0. The van der Waals surface area contributed by atoms with Crippen LogP contribution in [0, 0.1) is 11.6 Å². The van der Waals surface area contributed by atoms with Crippen molar-refractivity contribution >= 4 is 17.1 Å². The van der Waals surface area contributed by atoms with Crippen LogP contribution in [0.25, 0.3) is 0 Å². The number of benzene rings is 2. The molecule has 2 rings (SSSR count). The van der Waals surface area contributed by atoms with Crippen LogP contribution in [-0.2, 0) is 0 Å². The second-order valence-corrected chi connectivity index (χ2v) is 3.37. The number of hydrogen-bond donors (Lipinski definition) is 2. The molecule has 82 valence electrons. The lowest BCUT2D eigenvalue weighted by molar-refractivity contribution is 0.627. The van der Waals surface area contributed by atoms with Crippen LogP contribution in [0.1, 0.15) is 0 Å². The van der Waals surface area contributed by atoms with Crippen molar-refractivity contribution < 1.29 is 8.78 Å². The highest BCUT2D eigenvalue weighted by Gasteiger charge is 2.03. The first-order chi connectivity index (χ1) is 7.65. The van der Waals surface area contributed by atoms with Crippen molar-refractivity contribution in [2.24, 2.45) is 0 Å². The van der Waals surface area contributed by atoms with Crippen LogP contribution in [0.2, 0.25) is 0 Å². The second-order valence-electron chi connectivity index (χ2n) is 3.37. The van der Waals surface area contributed by atoms with Crippen LogP contribution in [0.3, 0.4) is 0 Å². The Labute approximate surface area is 91.7 Å².